The Balaban J connectivity index is 1.57. The van der Waals surface area contributed by atoms with Crippen molar-refractivity contribution in [1.82, 2.24) is 9.78 Å². The van der Waals surface area contributed by atoms with Gasteiger partial charge in [-0.15, -0.1) is 0 Å². The van der Waals surface area contributed by atoms with E-state index in [0.29, 0.717) is 5.69 Å². The van der Waals surface area contributed by atoms with Gasteiger partial charge in [-0.3, -0.25) is 9.48 Å². The highest BCUT2D eigenvalue weighted by Gasteiger charge is 2.21. The summed E-state index contributed by atoms with van der Waals surface area (Å²) < 4.78 is 7.44. The highest BCUT2D eigenvalue weighted by atomic mass is 16.5. The molecule has 1 fully saturated rings. The Labute approximate surface area is 130 Å². The second-order valence-electron chi connectivity index (χ2n) is 6.01. The van der Waals surface area contributed by atoms with E-state index >= 15 is 0 Å². The standard InChI is InChI=1S/C17H21N3O2/c1-12(2)20-10-9-16(19-20)17(21)18-14-5-7-15(8-6-14)22-11-13-3-4-13/h5-10,12-13H,3-4,11H2,1-2H3,(H,18,21). The number of aromatic nitrogens is 2. The van der Waals surface area contributed by atoms with Gasteiger partial charge in [0.15, 0.2) is 5.69 Å². The van der Waals surface area contributed by atoms with Gasteiger partial charge in [-0.25, -0.2) is 0 Å². The SMILES string of the molecule is CC(C)n1ccc(C(=O)Nc2ccc(OCC3CC3)cc2)n1. The van der Waals surface area contributed by atoms with Crippen LogP contribution in [0.2, 0.25) is 0 Å². The van der Waals surface area contributed by atoms with Crippen LogP contribution in [0.25, 0.3) is 0 Å². The molecular weight excluding hydrogens is 278 g/mol. The molecule has 0 unspecified atom stereocenters. The molecule has 1 amide bonds. The Hall–Kier alpha value is -2.30. The van der Waals surface area contributed by atoms with Crippen molar-refractivity contribution in [3.05, 3.63) is 42.2 Å². The van der Waals surface area contributed by atoms with Crippen LogP contribution in [0.1, 0.15) is 43.2 Å². The zero-order chi connectivity index (χ0) is 15.5. The molecular formula is C17H21N3O2. The molecule has 3 rings (SSSR count). The summed E-state index contributed by atoms with van der Waals surface area (Å²) in [7, 11) is 0. The molecule has 5 heteroatoms. The normalized spacial score (nSPS) is 14.1. The van der Waals surface area contributed by atoms with Gasteiger partial charge in [-0.05, 0) is 62.9 Å². The number of nitrogens with zero attached hydrogens (tertiary/aromatic N) is 2. The predicted octanol–water partition coefficient (Wildman–Crippen LogP) is 3.51. The number of amides is 1. The molecule has 5 nitrogen and oxygen atoms in total. The Bertz CT molecular complexity index is 642. The molecule has 22 heavy (non-hydrogen) atoms. The highest BCUT2D eigenvalue weighted by Crippen LogP contribution is 2.29. The van der Waals surface area contributed by atoms with E-state index in [1.165, 1.54) is 12.8 Å². The van der Waals surface area contributed by atoms with Gasteiger partial charge < -0.3 is 10.1 Å². The molecule has 1 aliphatic carbocycles. The van der Waals surface area contributed by atoms with Crippen LogP contribution in [0.5, 0.6) is 5.75 Å². The molecule has 2 aromatic rings. The highest BCUT2D eigenvalue weighted by molar-refractivity contribution is 6.02. The largest absolute Gasteiger partial charge is 0.493 e. The lowest BCUT2D eigenvalue weighted by molar-refractivity contribution is 0.102. The third-order valence-electron chi connectivity index (χ3n) is 3.66. The lowest BCUT2D eigenvalue weighted by atomic mass is 10.3. The number of carbonyl (C=O) groups is 1. The minimum absolute atomic E-state index is 0.203. The number of hydrogen-bond donors (Lipinski definition) is 1. The van der Waals surface area contributed by atoms with Gasteiger partial charge in [-0.1, -0.05) is 0 Å². The lowest BCUT2D eigenvalue weighted by Crippen LogP contribution is -2.13. The first-order valence-electron chi connectivity index (χ1n) is 7.71. The first-order valence-corrected chi connectivity index (χ1v) is 7.71. The number of rotatable bonds is 6. The Morgan fingerprint density at radius 1 is 1.32 bits per heavy atom. The fraction of sp³-hybridized carbons (Fsp3) is 0.412. The van der Waals surface area contributed by atoms with Gasteiger partial charge in [0.05, 0.1) is 6.61 Å². The molecule has 0 spiro atoms. The van der Waals surface area contributed by atoms with E-state index in [-0.39, 0.29) is 11.9 Å². The van der Waals surface area contributed by atoms with Crippen molar-refractivity contribution in [2.75, 3.05) is 11.9 Å². The number of ether oxygens (including phenoxy) is 1. The fourth-order valence-corrected chi connectivity index (χ4v) is 2.07. The molecule has 1 N–H and O–H groups in total. The lowest BCUT2D eigenvalue weighted by Gasteiger charge is -2.07. The van der Waals surface area contributed by atoms with Crippen LogP contribution in [0.3, 0.4) is 0 Å². The van der Waals surface area contributed by atoms with Crippen LogP contribution < -0.4 is 10.1 Å². The van der Waals surface area contributed by atoms with Crippen LogP contribution in [-0.4, -0.2) is 22.3 Å². The maximum atomic E-state index is 12.1. The topological polar surface area (TPSA) is 56.2 Å². The third kappa shape index (κ3) is 3.67. The number of benzene rings is 1. The summed E-state index contributed by atoms with van der Waals surface area (Å²) in [6, 6.07) is 9.42. The van der Waals surface area contributed by atoms with E-state index in [9.17, 15) is 4.79 Å². The van der Waals surface area contributed by atoms with E-state index in [4.69, 9.17) is 4.74 Å². The number of carbonyl (C=O) groups excluding carboxylic acids is 1. The van der Waals surface area contributed by atoms with E-state index in [1.54, 1.807) is 10.7 Å². The van der Waals surface area contributed by atoms with Crippen molar-refractivity contribution >= 4 is 11.6 Å². The summed E-state index contributed by atoms with van der Waals surface area (Å²) in [5.41, 5.74) is 1.16. The number of nitrogens with one attached hydrogen (secondary N) is 1. The first-order chi connectivity index (χ1) is 10.6. The van der Waals surface area contributed by atoms with Crippen molar-refractivity contribution in [3.63, 3.8) is 0 Å². The molecule has 1 aromatic heterocycles. The minimum Gasteiger partial charge on any atom is -0.493 e. The van der Waals surface area contributed by atoms with E-state index in [2.05, 4.69) is 10.4 Å². The van der Waals surface area contributed by atoms with Gasteiger partial charge in [-0.2, -0.15) is 5.10 Å². The average Bonchev–Trinajstić information content (AvgIpc) is 3.19. The van der Waals surface area contributed by atoms with Crippen molar-refractivity contribution in [3.8, 4) is 5.75 Å². The molecule has 0 saturated heterocycles. The van der Waals surface area contributed by atoms with Crippen LogP contribution in [0.15, 0.2) is 36.5 Å². The Morgan fingerprint density at radius 3 is 2.64 bits per heavy atom. The van der Waals surface area contributed by atoms with Crippen molar-refractivity contribution in [1.29, 1.82) is 0 Å². The molecule has 0 atom stereocenters. The van der Waals surface area contributed by atoms with E-state index in [1.807, 2.05) is 44.3 Å². The smallest absolute Gasteiger partial charge is 0.276 e. The molecule has 0 aliphatic heterocycles. The molecule has 1 aromatic carbocycles. The predicted molar refractivity (Wildman–Crippen MR) is 85.2 cm³/mol. The quantitative estimate of drug-likeness (QED) is 0.888. The number of anilines is 1. The molecule has 1 aliphatic rings. The average molecular weight is 299 g/mol. The van der Waals surface area contributed by atoms with Crippen LogP contribution in [0.4, 0.5) is 5.69 Å². The van der Waals surface area contributed by atoms with Crippen molar-refractivity contribution in [2.24, 2.45) is 5.92 Å². The summed E-state index contributed by atoms with van der Waals surface area (Å²) in [6.45, 7) is 4.84. The minimum atomic E-state index is -0.203. The van der Waals surface area contributed by atoms with E-state index < -0.39 is 0 Å². The zero-order valence-electron chi connectivity index (χ0n) is 13.0. The second kappa shape index (κ2) is 6.22. The first kappa shape index (κ1) is 14.6. The zero-order valence-corrected chi connectivity index (χ0v) is 13.0. The van der Waals surface area contributed by atoms with Crippen molar-refractivity contribution < 1.29 is 9.53 Å². The van der Waals surface area contributed by atoms with Crippen LogP contribution >= 0.6 is 0 Å². The van der Waals surface area contributed by atoms with Crippen LogP contribution in [-0.2, 0) is 0 Å². The maximum Gasteiger partial charge on any atom is 0.276 e. The van der Waals surface area contributed by atoms with Crippen molar-refractivity contribution in [2.45, 2.75) is 32.7 Å². The molecule has 116 valence electrons. The molecule has 1 saturated carbocycles. The summed E-state index contributed by atoms with van der Waals surface area (Å²) in [4.78, 5) is 12.1. The molecule has 0 radical (unpaired) electrons. The monoisotopic (exact) mass is 299 g/mol. The van der Waals surface area contributed by atoms with Gasteiger partial charge >= 0.3 is 0 Å². The van der Waals surface area contributed by atoms with Gasteiger partial charge in [0.2, 0.25) is 0 Å². The fourth-order valence-electron chi connectivity index (χ4n) is 2.07. The molecule has 0 bridgehead atoms. The second-order valence-corrected chi connectivity index (χ2v) is 6.01. The number of hydrogen-bond acceptors (Lipinski definition) is 3. The van der Waals surface area contributed by atoms with Crippen LogP contribution in [0, 0.1) is 5.92 Å². The van der Waals surface area contributed by atoms with Gasteiger partial charge in [0, 0.05) is 17.9 Å². The van der Waals surface area contributed by atoms with Gasteiger partial charge in [0.25, 0.3) is 5.91 Å². The Kier molecular flexibility index (Phi) is 4.13. The summed E-state index contributed by atoms with van der Waals surface area (Å²) in [5.74, 6) is 1.37. The van der Waals surface area contributed by atoms with E-state index in [0.717, 1.165) is 24.0 Å². The maximum absolute atomic E-state index is 12.1. The summed E-state index contributed by atoms with van der Waals surface area (Å²) in [6.07, 6.45) is 4.36. The van der Waals surface area contributed by atoms with Gasteiger partial charge in [0.1, 0.15) is 5.75 Å². The Morgan fingerprint density at radius 2 is 2.05 bits per heavy atom. The summed E-state index contributed by atoms with van der Waals surface area (Å²) >= 11 is 0. The third-order valence-corrected chi connectivity index (χ3v) is 3.66. The molecule has 1 heterocycles. The summed E-state index contributed by atoms with van der Waals surface area (Å²) in [5, 5.41) is 7.10.